The van der Waals surface area contributed by atoms with E-state index in [2.05, 4.69) is 23.4 Å². The van der Waals surface area contributed by atoms with Crippen LogP contribution in [0.2, 0.25) is 0 Å². The zero-order chi connectivity index (χ0) is 16.9. The predicted octanol–water partition coefficient (Wildman–Crippen LogP) is 2.11. The number of aryl methyl sites for hydroxylation is 1. The number of fused-ring (bicyclic) bond motifs is 1. The molecule has 2 heterocycles. The van der Waals surface area contributed by atoms with Crippen molar-refractivity contribution in [3.63, 3.8) is 0 Å². The molecule has 0 fully saturated rings. The lowest BCUT2D eigenvalue weighted by Crippen LogP contribution is -2.25. The zero-order valence-corrected chi connectivity index (χ0v) is 13.5. The summed E-state index contributed by atoms with van der Waals surface area (Å²) in [7, 11) is 0. The minimum atomic E-state index is -0.106. The minimum absolute atomic E-state index is 0.106. The Morgan fingerprint density at radius 1 is 1.25 bits per heavy atom. The SMILES string of the molecule is C[C@H](NCCCn1nc2ccccn2c1=O)c1ccc(C#N)cc1. The molecule has 0 saturated heterocycles. The Balaban J connectivity index is 1.53. The minimum Gasteiger partial charge on any atom is -0.310 e. The molecule has 6 heteroatoms. The highest BCUT2D eigenvalue weighted by Crippen LogP contribution is 2.12. The summed E-state index contributed by atoms with van der Waals surface area (Å²) in [6.07, 6.45) is 2.54. The molecule has 1 aromatic carbocycles. The van der Waals surface area contributed by atoms with Crippen LogP contribution in [0.25, 0.3) is 5.65 Å². The van der Waals surface area contributed by atoms with Gasteiger partial charge in [0.05, 0.1) is 11.6 Å². The van der Waals surface area contributed by atoms with Crippen LogP contribution in [-0.2, 0) is 6.54 Å². The summed E-state index contributed by atoms with van der Waals surface area (Å²) in [5.74, 6) is 0. The van der Waals surface area contributed by atoms with E-state index in [-0.39, 0.29) is 11.7 Å². The molecule has 3 rings (SSSR count). The number of benzene rings is 1. The highest BCUT2D eigenvalue weighted by Gasteiger charge is 2.07. The van der Waals surface area contributed by atoms with Gasteiger partial charge in [-0.1, -0.05) is 18.2 Å². The van der Waals surface area contributed by atoms with Crippen LogP contribution >= 0.6 is 0 Å². The molecule has 0 unspecified atom stereocenters. The smallest absolute Gasteiger partial charge is 0.310 e. The van der Waals surface area contributed by atoms with Crippen molar-refractivity contribution in [3.05, 3.63) is 70.3 Å². The average Bonchev–Trinajstić information content (AvgIpc) is 2.95. The lowest BCUT2D eigenvalue weighted by Gasteiger charge is -2.14. The third-order valence-electron chi connectivity index (χ3n) is 4.03. The van der Waals surface area contributed by atoms with Crippen molar-refractivity contribution in [2.75, 3.05) is 6.54 Å². The van der Waals surface area contributed by atoms with Gasteiger partial charge in [-0.3, -0.25) is 4.40 Å². The number of nitrogens with zero attached hydrogens (tertiary/aromatic N) is 4. The summed E-state index contributed by atoms with van der Waals surface area (Å²) in [5.41, 5.74) is 2.36. The molecule has 1 atom stereocenters. The normalized spacial score (nSPS) is 12.2. The number of nitriles is 1. The summed E-state index contributed by atoms with van der Waals surface area (Å²) in [4.78, 5) is 12.2. The highest BCUT2D eigenvalue weighted by atomic mass is 16.2. The van der Waals surface area contributed by atoms with E-state index in [1.807, 2.05) is 42.5 Å². The molecule has 3 aromatic rings. The summed E-state index contributed by atoms with van der Waals surface area (Å²) in [6, 6.07) is 15.4. The second-order valence-electron chi connectivity index (χ2n) is 5.70. The molecule has 1 N–H and O–H groups in total. The Morgan fingerprint density at radius 3 is 2.75 bits per heavy atom. The molecule has 0 amide bonds. The number of aromatic nitrogens is 3. The van der Waals surface area contributed by atoms with Crippen molar-refractivity contribution in [2.45, 2.75) is 25.9 Å². The molecule has 0 spiro atoms. The first kappa shape index (κ1) is 16.0. The Hall–Kier alpha value is -2.91. The summed E-state index contributed by atoms with van der Waals surface area (Å²) >= 11 is 0. The molecule has 0 bridgehead atoms. The maximum atomic E-state index is 12.2. The maximum absolute atomic E-state index is 12.2. The fraction of sp³-hybridized carbons (Fsp3) is 0.278. The largest absolute Gasteiger partial charge is 0.350 e. The van der Waals surface area contributed by atoms with E-state index in [0.717, 1.165) is 18.5 Å². The molecule has 0 aliphatic heterocycles. The van der Waals surface area contributed by atoms with Gasteiger partial charge in [0.25, 0.3) is 0 Å². The van der Waals surface area contributed by atoms with Crippen LogP contribution in [0.15, 0.2) is 53.5 Å². The summed E-state index contributed by atoms with van der Waals surface area (Å²) < 4.78 is 3.05. The molecule has 0 aliphatic carbocycles. The monoisotopic (exact) mass is 321 g/mol. The molecule has 2 aromatic heterocycles. The van der Waals surface area contributed by atoms with Crippen LogP contribution in [0.4, 0.5) is 0 Å². The number of pyridine rings is 1. The molecular weight excluding hydrogens is 302 g/mol. The van der Waals surface area contributed by atoms with Crippen molar-refractivity contribution < 1.29 is 0 Å². The van der Waals surface area contributed by atoms with E-state index in [1.54, 1.807) is 10.6 Å². The summed E-state index contributed by atoms with van der Waals surface area (Å²) in [6.45, 7) is 3.44. The van der Waals surface area contributed by atoms with Gasteiger partial charge in [-0.2, -0.15) is 5.26 Å². The van der Waals surface area contributed by atoms with Crippen molar-refractivity contribution in [1.29, 1.82) is 5.26 Å². The topological polar surface area (TPSA) is 75.1 Å². The first-order valence-corrected chi connectivity index (χ1v) is 7.96. The van der Waals surface area contributed by atoms with E-state index in [1.165, 1.54) is 4.68 Å². The van der Waals surface area contributed by atoms with Crippen LogP contribution in [0, 0.1) is 11.3 Å². The van der Waals surface area contributed by atoms with Gasteiger partial charge in [0.15, 0.2) is 5.65 Å². The average molecular weight is 321 g/mol. The van der Waals surface area contributed by atoms with Crippen LogP contribution < -0.4 is 11.0 Å². The fourth-order valence-corrected chi connectivity index (χ4v) is 2.63. The Morgan fingerprint density at radius 2 is 2.04 bits per heavy atom. The maximum Gasteiger partial charge on any atom is 0.350 e. The van der Waals surface area contributed by atoms with Gasteiger partial charge < -0.3 is 5.32 Å². The summed E-state index contributed by atoms with van der Waals surface area (Å²) in [5, 5.41) is 16.6. The van der Waals surface area contributed by atoms with Crippen LogP contribution in [0.5, 0.6) is 0 Å². The van der Waals surface area contributed by atoms with Gasteiger partial charge in [-0.15, -0.1) is 5.10 Å². The molecule has 0 radical (unpaired) electrons. The van der Waals surface area contributed by atoms with Crippen molar-refractivity contribution >= 4 is 5.65 Å². The van der Waals surface area contributed by atoms with Crippen molar-refractivity contribution in [2.24, 2.45) is 0 Å². The quantitative estimate of drug-likeness (QED) is 0.706. The standard InChI is InChI=1S/C18H19N5O/c1-14(16-8-6-15(13-19)7-9-16)20-10-4-12-23-18(24)22-11-3-2-5-17(22)21-23/h2-3,5-9,11,14,20H,4,10,12H2,1H3/t14-/m0/s1. The number of hydrogen-bond donors (Lipinski definition) is 1. The zero-order valence-electron chi connectivity index (χ0n) is 13.5. The predicted molar refractivity (Wildman–Crippen MR) is 91.6 cm³/mol. The second-order valence-corrected chi connectivity index (χ2v) is 5.70. The third kappa shape index (κ3) is 3.36. The first-order valence-electron chi connectivity index (χ1n) is 7.96. The molecular formula is C18H19N5O. The second kappa shape index (κ2) is 7.11. The Labute approximate surface area is 140 Å². The van der Waals surface area contributed by atoms with E-state index >= 15 is 0 Å². The van der Waals surface area contributed by atoms with Crippen LogP contribution in [0.1, 0.15) is 30.5 Å². The number of nitrogens with one attached hydrogen (secondary N) is 1. The van der Waals surface area contributed by atoms with Crippen LogP contribution in [0.3, 0.4) is 0 Å². The lowest BCUT2D eigenvalue weighted by atomic mass is 10.1. The lowest BCUT2D eigenvalue weighted by molar-refractivity contribution is 0.499. The van der Waals surface area contributed by atoms with Crippen molar-refractivity contribution in [3.8, 4) is 6.07 Å². The van der Waals surface area contributed by atoms with Crippen LogP contribution in [-0.4, -0.2) is 20.7 Å². The number of hydrogen-bond acceptors (Lipinski definition) is 4. The van der Waals surface area contributed by atoms with E-state index in [0.29, 0.717) is 17.8 Å². The van der Waals surface area contributed by atoms with E-state index in [9.17, 15) is 4.79 Å². The fourth-order valence-electron chi connectivity index (χ4n) is 2.63. The third-order valence-corrected chi connectivity index (χ3v) is 4.03. The van der Waals surface area contributed by atoms with Gasteiger partial charge in [0.1, 0.15) is 0 Å². The van der Waals surface area contributed by atoms with Crippen molar-refractivity contribution in [1.82, 2.24) is 19.5 Å². The highest BCUT2D eigenvalue weighted by molar-refractivity contribution is 5.35. The Bertz CT molecular complexity index is 917. The Kier molecular flexibility index (Phi) is 4.73. The molecule has 0 saturated carbocycles. The van der Waals surface area contributed by atoms with Gasteiger partial charge in [0, 0.05) is 18.8 Å². The molecule has 122 valence electrons. The molecule has 6 nitrogen and oxygen atoms in total. The first-order chi connectivity index (χ1) is 11.7. The molecule has 0 aliphatic rings. The van der Waals surface area contributed by atoms with Gasteiger partial charge in [0.2, 0.25) is 0 Å². The van der Waals surface area contributed by atoms with Gasteiger partial charge in [-0.25, -0.2) is 9.48 Å². The number of rotatable bonds is 6. The van der Waals surface area contributed by atoms with Gasteiger partial charge in [-0.05, 0) is 49.7 Å². The van der Waals surface area contributed by atoms with E-state index < -0.39 is 0 Å². The van der Waals surface area contributed by atoms with E-state index in [4.69, 9.17) is 5.26 Å². The molecule has 24 heavy (non-hydrogen) atoms. The van der Waals surface area contributed by atoms with Gasteiger partial charge >= 0.3 is 5.69 Å².